The van der Waals surface area contributed by atoms with Gasteiger partial charge >= 0.3 is 0 Å². The molecule has 100 valence electrons. The highest BCUT2D eigenvalue weighted by Crippen LogP contribution is 2.28. The van der Waals surface area contributed by atoms with Gasteiger partial charge in [-0.1, -0.05) is 0 Å². The third-order valence-electron chi connectivity index (χ3n) is 3.94. The standard InChI is InChI=1S/C13H20N4.ClH/c14-10-5-7-17(8-6-10)13-11-3-1-2-4-12(11)15-9-16-13;/h9-10H,1-8,14H2;1H. The van der Waals surface area contributed by atoms with Crippen LogP contribution in [0.5, 0.6) is 0 Å². The highest BCUT2D eigenvalue weighted by Gasteiger charge is 2.22. The molecule has 0 saturated carbocycles. The summed E-state index contributed by atoms with van der Waals surface area (Å²) in [5.41, 5.74) is 8.63. The lowest BCUT2D eigenvalue weighted by Gasteiger charge is -2.33. The van der Waals surface area contributed by atoms with Crippen LogP contribution < -0.4 is 10.6 Å². The molecule has 0 radical (unpaired) electrons. The van der Waals surface area contributed by atoms with E-state index in [9.17, 15) is 0 Å². The monoisotopic (exact) mass is 268 g/mol. The van der Waals surface area contributed by atoms with Crippen molar-refractivity contribution in [3.63, 3.8) is 0 Å². The van der Waals surface area contributed by atoms with E-state index in [-0.39, 0.29) is 12.4 Å². The number of nitrogens with zero attached hydrogens (tertiary/aromatic N) is 3. The van der Waals surface area contributed by atoms with Gasteiger partial charge < -0.3 is 10.6 Å². The molecule has 0 aromatic carbocycles. The quantitative estimate of drug-likeness (QED) is 0.842. The molecule has 1 aromatic heterocycles. The number of hydrogen-bond acceptors (Lipinski definition) is 4. The van der Waals surface area contributed by atoms with Crippen molar-refractivity contribution in [3.05, 3.63) is 17.6 Å². The summed E-state index contributed by atoms with van der Waals surface area (Å²) in [6.45, 7) is 2.09. The second-order valence-electron chi connectivity index (χ2n) is 5.15. The zero-order valence-electron chi connectivity index (χ0n) is 10.6. The van der Waals surface area contributed by atoms with Gasteiger partial charge in [-0.2, -0.15) is 0 Å². The van der Waals surface area contributed by atoms with Crippen LogP contribution in [-0.4, -0.2) is 29.1 Å². The van der Waals surface area contributed by atoms with E-state index in [0.717, 1.165) is 38.8 Å². The molecule has 1 saturated heterocycles. The average Bonchev–Trinajstić information content (AvgIpc) is 2.39. The molecule has 2 aliphatic rings. The lowest BCUT2D eigenvalue weighted by molar-refractivity contribution is 0.496. The van der Waals surface area contributed by atoms with Crippen LogP contribution in [0, 0.1) is 0 Å². The third-order valence-corrected chi connectivity index (χ3v) is 3.94. The number of aryl methyl sites for hydroxylation is 1. The molecule has 0 amide bonds. The van der Waals surface area contributed by atoms with E-state index in [2.05, 4.69) is 14.9 Å². The minimum atomic E-state index is 0. The van der Waals surface area contributed by atoms with Crippen LogP contribution >= 0.6 is 12.4 Å². The van der Waals surface area contributed by atoms with E-state index in [1.54, 1.807) is 6.33 Å². The molecular weight excluding hydrogens is 248 g/mol. The van der Waals surface area contributed by atoms with Gasteiger partial charge in [0.2, 0.25) is 0 Å². The number of anilines is 1. The largest absolute Gasteiger partial charge is 0.356 e. The Hall–Kier alpha value is -0.870. The number of aromatic nitrogens is 2. The molecular formula is C13H21ClN4. The van der Waals surface area contributed by atoms with Crippen molar-refractivity contribution >= 4 is 18.2 Å². The number of fused-ring (bicyclic) bond motifs is 1. The van der Waals surface area contributed by atoms with Crippen LogP contribution in [0.4, 0.5) is 5.82 Å². The van der Waals surface area contributed by atoms with E-state index >= 15 is 0 Å². The Bertz CT molecular complexity index is 402. The Kier molecular flexibility index (Phi) is 4.40. The molecule has 0 bridgehead atoms. The SMILES string of the molecule is Cl.NC1CCN(c2ncnc3c2CCCC3)CC1. The topological polar surface area (TPSA) is 55.0 Å². The maximum Gasteiger partial charge on any atom is 0.135 e. The molecule has 18 heavy (non-hydrogen) atoms. The van der Waals surface area contributed by atoms with Crippen molar-refractivity contribution in [1.82, 2.24) is 9.97 Å². The molecule has 5 heteroatoms. The first-order chi connectivity index (χ1) is 8.34. The molecule has 0 unspecified atom stereocenters. The van der Waals surface area contributed by atoms with Crippen molar-refractivity contribution in [2.75, 3.05) is 18.0 Å². The Balaban J connectivity index is 0.00000120. The Morgan fingerprint density at radius 3 is 2.61 bits per heavy atom. The molecule has 4 nitrogen and oxygen atoms in total. The van der Waals surface area contributed by atoms with Gasteiger partial charge in [0, 0.05) is 30.4 Å². The van der Waals surface area contributed by atoms with Gasteiger partial charge in [0.05, 0.1) is 0 Å². The van der Waals surface area contributed by atoms with Crippen molar-refractivity contribution in [2.24, 2.45) is 5.73 Å². The summed E-state index contributed by atoms with van der Waals surface area (Å²) >= 11 is 0. The number of nitrogens with two attached hydrogens (primary N) is 1. The van der Waals surface area contributed by atoms with Crippen LogP contribution in [-0.2, 0) is 12.8 Å². The average molecular weight is 269 g/mol. The number of hydrogen-bond donors (Lipinski definition) is 1. The fourth-order valence-corrected chi connectivity index (χ4v) is 2.89. The summed E-state index contributed by atoms with van der Waals surface area (Å²) in [7, 11) is 0. The lowest BCUT2D eigenvalue weighted by Crippen LogP contribution is -2.40. The predicted molar refractivity (Wildman–Crippen MR) is 75.3 cm³/mol. The van der Waals surface area contributed by atoms with Gasteiger partial charge in [-0.15, -0.1) is 12.4 Å². The molecule has 2 heterocycles. The number of rotatable bonds is 1. The van der Waals surface area contributed by atoms with Crippen molar-refractivity contribution in [3.8, 4) is 0 Å². The van der Waals surface area contributed by atoms with Gasteiger partial charge in [0.1, 0.15) is 12.1 Å². The fourth-order valence-electron chi connectivity index (χ4n) is 2.89. The van der Waals surface area contributed by atoms with E-state index < -0.39 is 0 Å². The molecule has 1 aliphatic heterocycles. The summed E-state index contributed by atoms with van der Waals surface area (Å²) in [6.07, 6.45) is 8.72. The minimum Gasteiger partial charge on any atom is -0.356 e. The van der Waals surface area contributed by atoms with E-state index in [4.69, 9.17) is 5.73 Å². The second kappa shape index (κ2) is 5.85. The predicted octanol–water partition coefficient (Wildman–Crippen LogP) is 1.70. The fraction of sp³-hybridized carbons (Fsp3) is 0.692. The van der Waals surface area contributed by atoms with E-state index in [1.807, 2.05) is 0 Å². The van der Waals surface area contributed by atoms with Crippen LogP contribution in [0.15, 0.2) is 6.33 Å². The molecule has 0 spiro atoms. The molecule has 1 aliphatic carbocycles. The van der Waals surface area contributed by atoms with Gasteiger partial charge in [-0.25, -0.2) is 9.97 Å². The first kappa shape index (κ1) is 13.6. The zero-order valence-corrected chi connectivity index (χ0v) is 11.5. The maximum absolute atomic E-state index is 5.95. The minimum absolute atomic E-state index is 0. The summed E-state index contributed by atoms with van der Waals surface area (Å²) in [5, 5.41) is 0. The third kappa shape index (κ3) is 2.59. The summed E-state index contributed by atoms with van der Waals surface area (Å²) in [6, 6.07) is 0.379. The summed E-state index contributed by atoms with van der Waals surface area (Å²) in [4.78, 5) is 11.3. The second-order valence-corrected chi connectivity index (χ2v) is 5.15. The summed E-state index contributed by atoms with van der Waals surface area (Å²) < 4.78 is 0. The number of halogens is 1. The molecule has 3 rings (SSSR count). The number of piperidine rings is 1. The van der Waals surface area contributed by atoms with Gasteiger partial charge in [0.15, 0.2) is 0 Å². The Morgan fingerprint density at radius 1 is 1.11 bits per heavy atom. The molecule has 2 N–H and O–H groups in total. The molecule has 1 aromatic rings. The van der Waals surface area contributed by atoms with Gasteiger partial charge in [-0.05, 0) is 38.5 Å². The normalized spacial score (nSPS) is 20.2. The highest BCUT2D eigenvalue weighted by molar-refractivity contribution is 5.85. The first-order valence-corrected chi connectivity index (χ1v) is 6.68. The zero-order chi connectivity index (χ0) is 11.7. The van der Waals surface area contributed by atoms with Crippen molar-refractivity contribution in [1.29, 1.82) is 0 Å². The van der Waals surface area contributed by atoms with E-state index in [1.165, 1.54) is 29.9 Å². The van der Waals surface area contributed by atoms with Crippen LogP contribution in [0.1, 0.15) is 36.9 Å². The molecule has 1 fully saturated rings. The van der Waals surface area contributed by atoms with Crippen LogP contribution in [0.3, 0.4) is 0 Å². The smallest absolute Gasteiger partial charge is 0.135 e. The highest BCUT2D eigenvalue weighted by atomic mass is 35.5. The Morgan fingerprint density at radius 2 is 1.83 bits per heavy atom. The van der Waals surface area contributed by atoms with Crippen LogP contribution in [0.25, 0.3) is 0 Å². The summed E-state index contributed by atoms with van der Waals surface area (Å²) in [5.74, 6) is 1.18. The maximum atomic E-state index is 5.95. The first-order valence-electron chi connectivity index (χ1n) is 6.68. The van der Waals surface area contributed by atoms with Crippen molar-refractivity contribution < 1.29 is 0 Å². The molecule has 0 atom stereocenters. The van der Waals surface area contributed by atoms with Gasteiger partial charge in [0.25, 0.3) is 0 Å². The van der Waals surface area contributed by atoms with Crippen molar-refractivity contribution in [2.45, 2.75) is 44.6 Å². The van der Waals surface area contributed by atoms with Gasteiger partial charge in [-0.3, -0.25) is 0 Å². The van der Waals surface area contributed by atoms with Crippen LogP contribution in [0.2, 0.25) is 0 Å². The lowest BCUT2D eigenvalue weighted by atomic mass is 9.95. The Labute approximate surface area is 114 Å². The van der Waals surface area contributed by atoms with E-state index in [0.29, 0.717) is 6.04 Å².